The summed E-state index contributed by atoms with van der Waals surface area (Å²) in [7, 11) is 0. The van der Waals surface area contributed by atoms with E-state index in [1.165, 1.54) is 0 Å². The smallest absolute Gasteiger partial charge is 0.137 e. The molecule has 1 unspecified atom stereocenters. The first-order valence-corrected chi connectivity index (χ1v) is 3.53. The molecule has 1 atom stereocenters. The SMILES string of the molecule is CC(=O)C1C=C(C#N)C=CC1. The van der Waals surface area contributed by atoms with E-state index in [1.54, 1.807) is 19.1 Å². The van der Waals surface area contributed by atoms with E-state index in [-0.39, 0.29) is 11.7 Å². The first kappa shape index (κ1) is 7.74. The van der Waals surface area contributed by atoms with Crippen LogP contribution in [0.3, 0.4) is 0 Å². The summed E-state index contributed by atoms with van der Waals surface area (Å²) in [5.41, 5.74) is 0.594. The van der Waals surface area contributed by atoms with Crippen molar-refractivity contribution in [1.82, 2.24) is 0 Å². The molecule has 0 spiro atoms. The van der Waals surface area contributed by atoms with E-state index >= 15 is 0 Å². The van der Waals surface area contributed by atoms with Gasteiger partial charge in [-0.2, -0.15) is 5.26 Å². The number of nitrogens with zero attached hydrogens (tertiary/aromatic N) is 1. The molecule has 0 saturated heterocycles. The highest BCUT2D eigenvalue weighted by atomic mass is 16.1. The van der Waals surface area contributed by atoms with E-state index in [4.69, 9.17) is 5.26 Å². The molecule has 0 fully saturated rings. The highest BCUT2D eigenvalue weighted by molar-refractivity contribution is 5.81. The van der Waals surface area contributed by atoms with E-state index in [0.717, 1.165) is 6.42 Å². The van der Waals surface area contributed by atoms with Crippen LogP contribution in [0.25, 0.3) is 0 Å². The van der Waals surface area contributed by atoms with Crippen LogP contribution in [0.4, 0.5) is 0 Å². The average molecular weight is 147 g/mol. The minimum Gasteiger partial charge on any atom is -0.299 e. The topological polar surface area (TPSA) is 40.9 Å². The number of hydrogen-bond acceptors (Lipinski definition) is 2. The number of rotatable bonds is 1. The molecule has 0 bridgehead atoms. The zero-order chi connectivity index (χ0) is 8.27. The predicted octanol–water partition coefficient (Wildman–Crippen LogP) is 1.60. The molecule has 0 N–H and O–H groups in total. The van der Waals surface area contributed by atoms with E-state index < -0.39 is 0 Å². The molecule has 0 aromatic carbocycles. The van der Waals surface area contributed by atoms with Gasteiger partial charge >= 0.3 is 0 Å². The van der Waals surface area contributed by atoms with Gasteiger partial charge in [-0.1, -0.05) is 12.2 Å². The monoisotopic (exact) mass is 147 g/mol. The van der Waals surface area contributed by atoms with Gasteiger partial charge < -0.3 is 0 Å². The number of nitriles is 1. The third kappa shape index (κ3) is 1.78. The molecular weight excluding hydrogens is 138 g/mol. The quantitative estimate of drug-likeness (QED) is 0.565. The van der Waals surface area contributed by atoms with E-state index in [0.29, 0.717) is 5.57 Å². The Kier molecular flexibility index (Phi) is 2.22. The minimum atomic E-state index is -0.0744. The van der Waals surface area contributed by atoms with Crippen molar-refractivity contribution in [1.29, 1.82) is 5.26 Å². The van der Waals surface area contributed by atoms with Crippen LogP contribution in [0.5, 0.6) is 0 Å². The van der Waals surface area contributed by atoms with Gasteiger partial charge in [0.05, 0.1) is 6.07 Å². The van der Waals surface area contributed by atoms with Gasteiger partial charge in [0.2, 0.25) is 0 Å². The maximum absolute atomic E-state index is 10.9. The Labute approximate surface area is 65.8 Å². The van der Waals surface area contributed by atoms with Gasteiger partial charge in [0.15, 0.2) is 0 Å². The van der Waals surface area contributed by atoms with Gasteiger partial charge in [0.25, 0.3) is 0 Å². The summed E-state index contributed by atoms with van der Waals surface area (Å²) in [6.45, 7) is 1.55. The summed E-state index contributed by atoms with van der Waals surface area (Å²) in [5.74, 6) is 0.0525. The molecule has 0 aliphatic heterocycles. The number of hydrogen-bond donors (Lipinski definition) is 0. The second-order valence-corrected chi connectivity index (χ2v) is 2.59. The van der Waals surface area contributed by atoms with Gasteiger partial charge in [0.1, 0.15) is 5.78 Å². The fourth-order valence-electron chi connectivity index (χ4n) is 1.04. The molecule has 0 saturated carbocycles. The average Bonchev–Trinajstić information content (AvgIpc) is 2.05. The normalized spacial score (nSPS) is 22.2. The second kappa shape index (κ2) is 3.16. The van der Waals surface area contributed by atoms with Crippen molar-refractivity contribution in [3.05, 3.63) is 23.8 Å². The zero-order valence-electron chi connectivity index (χ0n) is 6.37. The molecule has 2 nitrogen and oxygen atoms in total. The Morgan fingerprint density at radius 2 is 2.55 bits per heavy atom. The summed E-state index contributed by atoms with van der Waals surface area (Å²) >= 11 is 0. The van der Waals surface area contributed by atoms with Crippen molar-refractivity contribution in [2.45, 2.75) is 13.3 Å². The van der Waals surface area contributed by atoms with Gasteiger partial charge in [-0.25, -0.2) is 0 Å². The Hall–Kier alpha value is -1.36. The Morgan fingerprint density at radius 1 is 1.82 bits per heavy atom. The van der Waals surface area contributed by atoms with E-state index in [1.807, 2.05) is 12.1 Å². The van der Waals surface area contributed by atoms with Crippen molar-refractivity contribution in [2.75, 3.05) is 0 Å². The van der Waals surface area contributed by atoms with Crippen LogP contribution in [0.15, 0.2) is 23.8 Å². The standard InChI is InChI=1S/C9H9NO/c1-7(11)9-4-2-3-8(5-9)6-10/h2-3,5,9H,4H2,1H3. The van der Waals surface area contributed by atoms with E-state index in [2.05, 4.69) is 0 Å². The second-order valence-electron chi connectivity index (χ2n) is 2.59. The number of allylic oxidation sites excluding steroid dienone is 4. The summed E-state index contributed by atoms with van der Waals surface area (Å²) in [6.07, 6.45) is 6.08. The van der Waals surface area contributed by atoms with Crippen molar-refractivity contribution < 1.29 is 4.79 Å². The van der Waals surface area contributed by atoms with Crippen molar-refractivity contribution in [2.24, 2.45) is 5.92 Å². The Morgan fingerprint density at radius 3 is 3.09 bits per heavy atom. The first-order chi connectivity index (χ1) is 5.24. The van der Waals surface area contributed by atoms with Gasteiger partial charge in [-0.15, -0.1) is 0 Å². The van der Waals surface area contributed by atoms with Crippen LogP contribution in [0.2, 0.25) is 0 Å². The molecular formula is C9H9NO. The number of ketones is 1. The molecule has 56 valence electrons. The summed E-state index contributed by atoms with van der Waals surface area (Å²) < 4.78 is 0. The molecule has 0 aromatic rings. The molecule has 0 radical (unpaired) electrons. The minimum absolute atomic E-state index is 0.0744. The Balaban J connectivity index is 2.79. The van der Waals surface area contributed by atoms with Crippen molar-refractivity contribution in [3.63, 3.8) is 0 Å². The van der Waals surface area contributed by atoms with Gasteiger partial charge in [-0.05, 0) is 19.4 Å². The van der Waals surface area contributed by atoms with Crippen LogP contribution in [-0.2, 0) is 4.79 Å². The lowest BCUT2D eigenvalue weighted by atomic mass is 9.94. The first-order valence-electron chi connectivity index (χ1n) is 3.53. The van der Waals surface area contributed by atoms with Crippen LogP contribution in [0.1, 0.15) is 13.3 Å². The van der Waals surface area contributed by atoms with E-state index in [9.17, 15) is 4.79 Å². The fourth-order valence-corrected chi connectivity index (χ4v) is 1.04. The Bertz CT molecular complexity index is 268. The molecule has 11 heavy (non-hydrogen) atoms. The molecule has 1 rings (SSSR count). The number of Topliss-reactive ketones (excluding diaryl/α,β-unsaturated/α-hetero) is 1. The summed E-state index contributed by atoms with van der Waals surface area (Å²) in [5, 5.41) is 8.51. The molecule has 0 heterocycles. The zero-order valence-corrected chi connectivity index (χ0v) is 6.37. The van der Waals surface area contributed by atoms with Crippen LogP contribution >= 0.6 is 0 Å². The third-order valence-electron chi connectivity index (χ3n) is 1.72. The van der Waals surface area contributed by atoms with Crippen molar-refractivity contribution >= 4 is 5.78 Å². The van der Waals surface area contributed by atoms with Crippen molar-refractivity contribution in [3.8, 4) is 6.07 Å². The lowest BCUT2D eigenvalue weighted by molar-refractivity contribution is -0.119. The molecule has 1 aliphatic rings. The number of carbonyl (C=O) groups is 1. The fraction of sp³-hybridized carbons (Fsp3) is 0.333. The highest BCUT2D eigenvalue weighted by Crippen LogP contribution is 2.16. The summed E-state index contributed by atoms with van der Waals surface area (Å²) in [6, 6.07) is 2.01. The van der Waals surface area contributed by atoms with Crippen LogP contribution < -0.4 is 0 Å². The number of carbonyl (C=O) groups excluding carboxylic acids is 1. The van der Waals surface area contributed by atoms with Gasteiger partial charge in [-0.3, -0.25) is 4.79 Å². The largest absolute Gasteiger partial charge is 0.299 e. The van der Waals surface area contributed by atoms with Crippen LogP contribution in [0, 0.1) is 17.2 Å². The highest BCUT2D eigenvalue weighted by Gasteiger charge is 2.12. The predicted molar refractivity (Wildman–Crippen MR) is 41.6 cm³/mol. The molecule has 0 aromatic heterocycles. The maximum Gasteiger partial charge on any atom is 0.137 e. The molecule has 2 heteroatoms. The molecule has 0 amide bonds. The van der Waals surface area contributed by atoms with Gasteiger partial charge in [0, 0.05) is 11.5 Å². The van der Waals surface area contributed by atoms with Crippen LogP contribution in [-0.4, -0.2) is 5.78 Å². The third-order valence-corrected chi connectivity index (χ3v) is 1.72. The summed E-state index contributed by atoms with van der Waals surface area (Å²) in [4.78, 5) is 10.9. The lowest BCUT2D eigenvalue weighted by Gasteiger charge is -2.09. The lowest BCUT2D eigenvalue weighted by Crippen LogP contribution is -2.09. The maximum atomic E-state index is 10.9. The molecule has 1 aliphatic carbocycles.